The average Bonchev–Trinajstić information content (AvgIpc) is 2.23. The van der Waals surface area contributed by atoms with Crippen LogP contribution in [0.1, 0.15) is 13.8 Å². The minimum absolute atomic E-state index is 0.360. The smallest absolute Gasteiger partial charge is 0.330 e. The second-order valence-electron chi connectivity index (χ2n) is 3.19. The Morgan fingerprint density at radius 2 is 1.88 bits per heavy atom. The molecule has 3 N–H and O–H groups in total. The lowest BCUT2D eigenvalue weighted by molar-refractivity contribution is -0.146. The van der Waals surface area contributed by atoms with Gasteiger partial charge in [-0.25, -0.2) is 4.79 Å². The van der Waals surface area contributed by atoms with Gasteiger partial charge >= 0.3 is 5.97 Å². The van der Waals surface area contributed by atoms with Crippen LogP contribution in [-0.2, 0) is 19.1 Å². The molecule has 92 valence electrons. The third kappa shape index (κ3) is 4.74. The summed E-state index contributed by atoms with van der Waals surface area (Å²) >= 11 is 0. The highest BCUT2D eigenvalue weighted by Gasteiger charge is 2.23. The quantitative estimate of drug-likeness (QED) is 0.483. The molecule has 2 atom stereocenters. The summed E-state index contributed by atoms with van der Waals surface area (Å²) in [4.78, 5) is 33.1. The van der Waals surface area contributed by atoms with Crippen LogP contribution in [0.3, 0.4) is 0 Å². The van der Waals surface area contributed by atoms with Gasteiger partial charge in [0, 0.05) is 6.92 Å². The number of amides is 2. The third-order valence-electron chi connectivity index (χ3n) is 1.80. The molecule has 0 radical (unpaired) electrons. The lowest BCUT2D eigenvalue weighted by atomic mass is 10.2. The molecular formula is C9H16N2O5. The fraction of sp³-hybridized carbons (Fsp3) is 0.667. The highest BCUT2D eigenvalue weighted by atomic mass is 16.5. The Bertz CT molecular complexity index is 279. The van der Waals surface area contributed by atoms with E-state index in [4.69, 9.17) is 5.11 Å². The zero-order chi connectivity index (χ0) is 12.7. The molecule has 16 heavy (non-hydrogen) atoms. The van der Waals surface area contributed by atoms with Crippen molar-refractivity contribution in [1.82, 2.24) is 10.6 Å². The van der Waals surface area contributed by atoms with Crippen LogP contribution in [0.5, 0.6) is 0 Å². The van der Waals surface area contributed by atoms with Gasteiger partial charge in [-0.15, -0.1) is 0 Å². The molecule has 0 unspecified atom stereocenters. The maximum absolute atomic E-state index is 11.4. The lowest BCUT2D eigenvalue weighted by Gasteiger charge is -2.17. The lowest BCUT2D eigenvalue weighted by Crippen LogP contribution is -2.51. The van der Waals surface area contributed by atoms with Crippen LogP contribution in [0.2, 0.25) is 0 Å². The Kier molecular flexibility index (Phi) is 6.09. The Morgan fingerprint density at radius 1 is 1.31 bits per heavy atom. The van der Waals surface area contributed by atoms with Crippen molar-refractivity contribution in [3.63, 3.8) is 0 Å². The predicted molar refractivity (Wildman–Crippen MR) is 54.3 cm³/mol. The van der Waals surface area contributed by atoms with Crippen LogP contribution in [-0.4, -0.2) is 48.7 Å². The van der Waals surface area contributed by atoms with Gasteiger partial charge in [0.1, 0.15) is 6.04 Å². The molecule has 0 aliphatic heterocycles. The number of carbonyl (C=O) groups excluding carboxylic acids is 3. The van der Waals surface area contributed by atoms with E-state index in [0.717, 1.165) is 7.11 Å². The Labute approximate surface area is 93.2 Å². The Hall–Kier alpha value is -1.63. The van der Waals surface area contributed by atoms with Gasteiger partial charge in [0.05, 0.1) is 13.7 Å². The van der Waals surface area contributed by atoms with Crippen LogP contribution in [0.25, 0.3) is 0 Å². The van der Waals surface area contributed by atoms with E-state index in [0.29, 0.717) is 0 Å². The second-order valence-corrected chi connectivity index (χ2v) is 3.19. The molecule has 0 saturated heterocycles. The number of esters is 1. The van der Waals surface area contributed by atoms with E-state index >= 15 is 0 Å². The maximum atomic E-state index is 11.4. The molecule has 0 fully saturated rings. The molecule has 0 rings (SSSR count). The van der Waals surface area contributed by atoms with Crippen LogP contribution in [0, 0.1) is 0 Å². The standard InChI is InChI=1S/C9H16N2O5/c1-5(10-6(2)13)8(14)11-7(4-12)9(15)16-3/h5,7,12H,4H2,1-3H3,(H,10,13)(H,11,14)/t5-,7-/m0/s1. The molecule has 0 saturated carbocycles. The number of hydrogen-bond donors (Lipinski definition) is 3. The first-order valence-electron chi connectivity index (χ1n) is 4.68. The van der Waals surface area contributed by atoms with Crippen molar-refractivity contribution in [3.05, 3.63) is 0 Å². The highest BCUT2D eigenvalue weighted by molar-refractivity contribution is 5.89. The van der Waals surface area contributed by atoms with Crippen molar-refractivity contribution in [3.8, 4) is 0 Å². The molecule has 0 heterocycles. The summed E-state index contributed by atoms with van der Waals surface area (Å²) in [6.45, 7) is 2.17. The van der Waals surface area contributed by atoms with Crippen molar-refractivity contribution < 1.29 is 24.2 Å². The van der Waals surface area contributed by atoms with Gasteiger partial charge in [-0.05, 0) is 6.92 Å². The van der Waals surface area contributed by atoms with Crippen LogP contribution < -0.4 is 10.6 Å². The topological polar surface area (TPSA) is 105 Å². The molecule has 7 nitrogen and oxygen atoms in total. The van der Waals surface area contributed by atoms with Gasteiger partial charge in [-0.1, -0.05) is 0 Å². The fourth-order valence-electron chi connectivity index (χ4n) is 0.989. The summed E-state index contributed by atoms with van der Waals surface area (Å²) < 4.78 is 4.36. The highest BCUT2D eigenvalue weighted by Crippen LogP contribution is 1.90. The minimum atomic E-state index is -1.12. The van der Waals surface area contributed by atoms with Gasteiger partial charge in [-0.3, -0.25) is 9.59 Å². The van der Waals surface area contributed by atoms with Crippen LogP contribution in [0.15, 0.2) is 0 Å². The summed E-state index contributed by atoms with van der Waals surface area (Å²) in [7, 11) is 1.15. The van der Waals surface area contributed by atoms with Crippen molar-refractivity contribution in [2.45, 2.75) is 25.9 Å². The molecule has 0 aromatic rings. The van der Waals surface area contributed by atoms with E-state index in [1.807, 2.05) is 0 Å². The van der Waals surface area contributed by atoms with E-state index in [1.165, 1.54) is 13.8 Å². The maximum Gasteiger partial charge on any atom is 0.330 e. The summed E-state index contributed by atoms with van der Waals surface area (Å²) in [5.74, 6) is -1.67. The number of nitrogens with one attached hydrogen (secondary N) is 2. The first kappa shape index (κ1) is 14.4. The van der Waals surface area contributed by atoms with Crippen molar-refractivity contribution >= 4 is 17.8 Å². The largest absolute Gasteiger partial charge is 0.467 e. The van der Waals surface area contributed by atoms with Gasteiger partial charge in [0.15, 0.2) is 6.04 Å². The first-order valence-corrected chi connectivity index (χ1v) is 4.68. The van der Waals surface area contributed by atoms with E-state index in [-0.39, 0.29) is 5.91 Å². The van der Waals surface area contributed by atoms with Crippen molar-refractivity contribution in [2.24, 2.45) is 0 Å². The van der Waals surface area contributed by atoms with E-state index in [2.05, 4.69) is 15.4 Å². The summed E-state index contributed by atoms with van der Waals surface area (Å²) in [5.41, 5.74) is 0. The number of aliphatic hydroxyl groups excluding tert-OH is 1. The predicted octanol–water partition coefficient (Wildman–Crippen LogP) is -1.84. The molecule has 0 bridgehead atoms. The first-order chi connectivity index (χ1) is 7.42. The second kappa shape index (κ2) is 6.78. The van der Waals surface area contributed by atoms with E-state index in [1.54, 1.807) is 0 Å². The third-order valence-corrected chi connectivity index (χ3v) is 1.80. The zero-order valence-corrected chi connectivity index (χ0v) is 9.44. The molecule has 0 aliphatic carbocycles. The zero-order valence-electron chi connectivity index (χ0n) is 9.44. The Balaban J connectivity index is 4.29. The fourth-order valence-corrected chi connectivity index (χ4v) is 0.989. The Morgan fingerprint density at radius 3 is 2.25 bits per heavy atom. The minimum Gasteiger partial charge on any atom is -0.467 e. The summed E-state index contributed by atoms with van der Waals surface area (Å²) in [5, 5.41) is 13.4. The number of aliphatic hydroxyl groups is 1. The SMILES string of the molecule is COC(=O)[C@H](CO)NC(=O)[C@H](C)NC(C)=O. The number of ether oxygens (including phenoxy) is 1. The van der Waals surface area contributed by atoms with E-state index < -0.39 is 30.6 Å². The average molecular weight is 232 g/mol. The molecule has 7 heteroatoms. The number of methoxy groups -OCH3 is 1. The number of hydrogen-bond acceptors (Lipinski definition) is 5. The van der Waals surface area contributed by atoms with Gasteiger partial charge in [0.25, 0.3) is 0 Å². The molecule has 0 aromatic heterocycles. The molecule has 0 spiro atoms. The molecule has 2 amide bonds. The van der Waals surface area contributed by atoms with Crippen molar-refractivity contribution in [2.75, 3.05) is 13.7 Å². The van der Waals surface area contributed by atoms with Gasteiger partial charge < -0.3 is 20.5 Å². The van der Waals surface area contributed by atoms with Crippen LogP contribution in [0.4, 0.5) is 0 Å². The molecule has 0 aliphatic rings. The number of carbonyl (C=O) groups is 3. The van der Waals surface area contributed by atoms with E-state index in [9.17, 15) is 14.4 Å². The number of rotatable bonds is 5. The molecule has 0 aromatic carbocycles. The summed E-state index contributed by atoms with van der Waals surface area (Å²) in [6.07, 6.45) is 0. The van der Waals surface area contributed by atoms with Crippen LogP contribution >= 0.6 is 0 Å². The normalized spacial score (nSPS) is 13.5. The molecular weight excluding hydrogens is 216 g/mol. The summed E-state index contributed by atoms with van der Waals surface area (Å²) in [6, 6.07) is -1.90. The van der Waals surface area contributed by atoms with Crippen molar-refractivity contribution in [1.29, 1.82) is 0 Å². The monoisotopic (exact) mass is 232 g/mol. The van der Waals surface area contributed by atoms with Gasteiger partial charge in [0.2, 0.25) is 11.8 Å². The van der Waals surface area contributed by atoms with Gasteiger partial charge in [-0.2, -0.15) is 0 Å².